The van der Waals surface area contributed by atoms with E-state index < -0.39 is 27.5 Å². The minimum absolute atomic E-state index is 0.121. The van der Waals surface area contributed by atoms with Gasteiger partial charge in [0.1, 0.15) is 0 Å². The SMILES string of the molecule is CN1C(=O)[C@@]23C[C@](C)(C#N)C(c4ccc5c(c4)OC(F)(F)O5)N2C(=O)C1(C)SS3. The lowest BCUT2D eigenvalue weighted by Gasteiger charge is -2.57. The smallest absolute Gasteiger partial charge is 0.395 e. The van der Waals surface area contributed by atoms with Crippen LogP contribution in [0.3, 0.4) is 0 Å². The Morgan fingerprint density at radius 2 is 1.86 bits per heavy atom. The molecule has 0 saturated carbocycles. The van der Waals surface area contributed by atoms with Crippen LogP contribution < -0.4 is 9.47 Å². The third-order valence-corrected chi connectivity index (χ3v) is 9.79. The van der Waals surface area contributed by atoms with Crippen LogP contribution in [0.25, 0.3) is 0 Å². The highest BCUT2D eigenvalue weighted by Crippen LogP contribution is 2.69. The maximum atomic E-state index is 13.5. The van der Waals surface area contributed by atoms with Gasteiger partial charge in [-0.15, -0.1) is 8.78 Å². The third kappa shape index (κ3) is 2.13. The average Bonchev–Trinajstić information content (AvgIpc) is 3.12. The molecule has 5 aliphatic heterocycles. The first-order valence-electron chi connectivity index (χ1n) is 8.77. The van der Waals surface area contributed by atoms with E-state index in [9.17, 15) is 23.6 Å². The number of amides is 2. The molecule has 5 aliphatic rings. The largest absolute Gasteiger partial charge is 0.586 e. The maximum absolute atomic E-state index is 13.5. The van der Waals surface area contributed by atoms with E-state index in [4.69, 9.17) is 0 Å². The van der Waals surface area contributed by atoms with Gasteiger partial charge in [-0.05, 0) is 31.5 Å². The molecule has 2 amide bonds. The molecule has 29 heavy (non-hydrogen) atoms. The minimum atomic E-state index is -3.77. The molecule has 1 aromatic carbocycles. The minimum Gasteiger partial charge on any atom is -0.395 e. The summed E-state index contributed by atoms with van der Waals surface area (Å²) in [6.45, 7) is 3.36. The number of likely N-dealkylation sites (N-methyl/N-ethyl adjacent to an activating group) is 1. The first kappa shape index (κ1) is 18.8. The molecule has 4 saturated heterocycles. The lowest BCUT2D eigenvalue weighted by atomic mass is 9.79. The molecule has 0 aliphatic carbocycles. The van der Waals surface area contributed by atoms with Crippen LogP contribution in [0.2, 0.25) is 0 Å². The molecule has 1 spiro atoms. The molecule has 4 fully saturated rings. The third-order valence-electron chi connectivity index (χ3n) is 6.09. The van der Waals surface area contributed by atoms with Crippen molar-refractivity contribution in [2.75, 3.05) is 7.05 Å². The number of nitrogens with zero attached hydrogens (tertiary/aromatic N) is 3. The molecule has 6 rings (SSSR count). The molecular formula is C18H15F2N3O4S2. The van der Waals surface area contributed by atoms with Crippen molar-refractivity contribution in [1.29, 1.82) is 5.26 Å². The number of hydrogen-bond donors (Lipinski definition) is 0. The Kier molecular flexibility index (Phi) is 3.43. The van der Waals surface area contributed by atoms with E-state index in [2.05, 4.69) is 15.5 Å². The van der Waals surface area contributed by atoms with Crippen molar-refractivity contribution in [3.05, 3.63) is 23.8 Å². The van der Waals surface area contributed by atoms with Gasteiger partial charge in [0.25, 0.3) is 11.8 Å². The monoisotopic (exact) mass is 439 g/mol. The molecule has 2 bridgehead atoms. The summed E-state index contributed by atoms with van der Waals surface area (Å²) < 4.78 is 35.9. The van der Waals surface area contributed by atoms with Crippen LogP contribution in [0, 0.1) is 16.7 Å². The van der Waals surface area contributed by atoms with Crippen molar-refractivity contribution < 1.29 is 27.8 Å². The van der Waals surface area contributed by atoms with Gasteiger partial charge in [0.15, 0.2) is 21.2 Å². The molecule has 0 radical (unpaired) electrons. The number of hydrogen-bond acceptors (Lipinski definition) is 7. The van der Waals surface area contributed by atoms with Crippen LogP contribution in [0.1, 0.15) is 31.9 Å². The summed E-state index contributed by atoms with van der Waals surface area (Å²) in [5.74, 6) is -0.806. The van der Waals surface area contributed by atoms with Crippen molar-refractivity contribution in [1.82, 2.24) is 9.80 Å². The number of nitriles is 1. The highest BCUT2D eigenvalue weighted by Gasteiger charge is 2.74. The van der Waals surface area contributed by atoms with Gasteiger partial charge < -0.3 is 19.3 Å². The summed E-state index contributed by atoms with van der Waals surface area (Å²) in [5.41, 5.74) is -0.664. The lowest BCUT2D eigenvalue weighted by molar-refractivity contribution is -0.286. The summed E-state index contributed by atoms with van der Waals surface area (Å²) in [4.78, 5) is 27.3. The predicted molar refractivity (Wildman–Crippen MR) is 99.7 cm³/mol. The second-order valence-electron chi connectivity index (χ2n) is 7.96. The Hall–Kier alpha value is -2.19. The summed E-state index contributed by atoms with van der Waals surface area (Å²) in [7, 11) is 4.19. The molecule has 4 atom stereocenters. The summed E-state index contributed by atoms with van der Waals surface area (Å²) >= 11 is 0. The molecule has 7 nitrogen and oxygen atoms in total. The van der Waals surface area contributed by atoms with E-state index in [-0.39, 0.29) is 29.7 Å². The van der Waals surface area contributed by atoms with Crippen LogP contribution in [0.5, 0.6) is 11.5 Å². The number of alkyl halides is 2. The number of halogens is 2. The Morgan fingerprint density at radius 1 is 1.17 bits per heavy atom. The van der Waals surface area contributed by atoms with E-state index in [0.717, 1.165) is 0 Å². The average molecular weight is 439 g/mol. The van der Waals surface area contributed by atoms with Crippen LogP contribution in [-0.4, -0.2) is 44.7 Å². The molecule has 0 N–H and O–H groups in total. The van der Waals surface area contributed by atoms with Crippen LogP contribution >= 0.6 is 21.6 Å². The Labute approximate surface area is 172 Å². The Bertz CT molecular complexity index is 1030. The molecule has 11 heteroatoms. The fourth-order valence-corrected chi connectivity index (χ4v) is 8.14. The fourth-order valence-electron chi connectivity index (χ4n) is 4.56. The van der Waals surface area contributed by atoms with E-state index in [1.807, 2.05) is 0 Å². The molecular weight excluding hydrogens is 424 g/mol. The topological polar surface area (TPSA) is 82.9 Å². The van der Waals surface area contributed by atoms with E-state index in [1.54, 1.807) is 20.9 Å². The Balaban J connectivity index is 1.67. The van der Waals surface area contributed by atoms with Crippen LogP contribution in [0.15, 0.2) is 18.2 Å². The Morgan fingerprint density at radius 3 is 2.55 bits per heavy atom. The molecule has 2 unspecified atom stereocenters. The van der Waals surface area contributed by atoms with Gasteiger partial charge in [0, 0.05) is 13.5 Å². The van der Waals surface area contributed by atoms with Crippen LogP contribution in [0.4, 0.5) is 8.78 Å². The summed E-state index contributed by atoms with van der Waals surface area (Å²) in [6, 6.07) is 5.70. The van der Waals surface area contributed by atoms with Gasteiger partial charge in [-0.25, -0.2) is 0 Å². The van der Waals surface area contributed by atoms with Gasteiger partial charge in [-0.1, -0.05) is 27.7 Å². The van der Waals surface area contributed by atoms with Gasteiger partial charge >= 0.3 is 6.29 Å². The van der Waals surface area contributed by atoms with Crippen molar-refractivity contribution in [3.63, 3.8) is 0 Å². The number of carbonyl (C=O) groups excluding carboxylic acids is 2. The number of rotatable bonds is 1. The number of piperazine rings is 1. The van der Waals surface area contributed by atoms with Crippen molar-refractivity contribution >= 4 is 33.4 Å². The molecule has 0 aromatic heterocycles. The van der Waals surface area contributed by atoms with Gasteiger partial charge in [0.05, 0.1) is 17.5 Å². The highest BCUT2D eigenvalue weighted by atomic mass is 33.1. The number of fused-ring (bicyclic) bond motifs is 3. The first-order chi connectivity index (χ1) is 13.5. The maximum Gasteiger partial charge on any atom is 0.586 e. The zero-order valence-electron chi connectivity index (χ0n) is 15.6. The molecule has 152 valence electrons. The van der Waals surface area contributed by atoms with E-state index in [0.29, 0.717) is 5.56 Å². The lowest BCUT2D eigenvalue weighted by Crippen LogP contribution is -2.73. The molecule has 1 aromatic rings. The zero-order valence-corrected chi connectivity index (χ0v) is 17.2. The number of carbonyl (C=O) groups is 2. The summed E-state index contributed by atoms with van der Waals surface area (Å²) in [5, 5.41) is 10.0. The number of benzene rings is 1. The molecule has 5 heterocycles. The van der Waals surface area contributed by atoms with Gasteiger partial charge in [-0.3, -0.25) is 9.59 Å². The predicted octanol–water partition coefficient (Wildman–Crippen LogP) is 3.09. The fraction of sp³-hybridized carbons (Fsp3) is 0.500. The van der Waals surface area contributed by atoms with Gasteiger partial charge in [0.2, 0.25) is 0 Å². The zero-order chi connectivity index (χ0) is 21.0. The normalized spacial score (nSPS) is 39.0. The first-order valence-corrected chi connectivity index (χ1v) is 10.9. The van der Waals surface area contributed by atoms with Gasteiger partial charge in [-0.2, -0.15) is 5.26 Å². The second-order valence-corrected chi connectivity index (χ2v) is 10.8. The number of ether oxygens (including phenoxy) is 2. The van der Waals surface area contributed by atoms with Crippen molar-refractivity contribution in [2.45, 2.75) is 42.3 Å². The van der Waals surface area contributed by atoms with E-state index in [1.165, 1.54) is 49.6 Å². The summed E-state index contributed by atoms with van der Waals surface area (Å²) in [6.07, 6.45) is -3.64. The second kappa shape index (κ2) is 5.29. The van der Waals surface area contributed by atoms with Crippen LogP contribution in [-0.2, 0) is 9.59 Å². The van der Waals surface area contributed by atoms with E-state index >= 15 is 0 Å². The highest BCUT2D eigenvalue weighted by molar-refractivity contribution is 8.78. The van der Waals surface area contributed by atoms with Crippen molar-refractivity contribution in [2.24, 2.45) is 5.41 Å². The standard InChI is InChI=1S/C18H15F2N3O4S2/c1-15(8-21)7-17-14(25)22(3)16(2,28-29-17)13(24)23(17)12(15)9-4-5-10-11(6-9)27-18(19,20)26-10/h4-6,12H,7H2,1-3H3/t12?,15-,16?,17+/m1/s1. The van der Waals surface area contributed by atoms with Crippen molar-refractivity contribution in [3.8, 4) is 17.6 Å². The quantitative estimate of drug-likeness (QED) is 0.622.